The van der Waals surface area contributed by atoms with Crippen LogP contribution < -0.4 is 10.9 Å². The predicted octanol–water partition coefficient (Wildman–Crippen LogP) is 2.74. The van der Waals surface area contributed by atoms with Crippen molar-refractivity contribution in [2.24, 2.45) is 7.05 Å². The predicted molar refractivity (Wildman–Crippen MR) is 106 cm³/mol. The highest BCUT2D eigenvalue weighted by molar-refractivity contribution is 6.10. The summed E-state index contributed by atoms with van der Waals surface area (Å²) >= 11 is 0. The van der Waals surface area contributed by atoms with Gasteiger partial charge >= 0.3 is 0 Å². The monoisotopic (exact) mass is 374 g/mol. The summed E-state index contributed by atoms with van der Waals surface area (Å²) in [5.41, 5.74) is 0.996. The molecule has 2 N–H and O–H groups in total. The van der Waals surface area contributed by atoms with E-state index in [2.05, 4.69) is 5.32 Å². The first-order valence-electron chi connectivity index (χ1n) is 8.49. The maximum Gasteiger partial charge on any atom is 0.295 e. The second-order valence-electron chi connectivity index (χ2n) is 6.12. The van der Waals surface area contributed by atoms with Gasteiger partial charge in [-0.25, -0.2) is 4.68 Å². The summed E-state index contributed by atoms with van der Waals surface area (Å²) in [4.78, 5) is 25.4. The van der Waals surface area contributed by atoms with Crippen molar-refractivity contribution in [1.29, 1.82) is 5.26 Å². The van der Waals surface area contributed by atoms with E-state index in [1.165, 1.54) is 16.8 Å². The number of nitrogens with zero attached hydrogens (tertiary/aromatic N) is 3. The number of aromatic hydroxyl groups is 1. The minimum Gasteiger partial charge on any atom is -0.507 e. The molecule has 0 atom stereocenters. The Balaban J connectivity index is 1.98. The third-order valence-corrected chi connectivity index (χ3v) is 4.39. The number of phenolic OH excluding ortho intramolecular Hbond substituents is 1. The average molecular weight is 374 g/mol. The Hall–Kier alpha value is -4.05. The van der Waals surface area contributed by atoms with Gasteiger partial charge in [0.15, 0.2) is 0 Å². The smallest absolute Gasteiger partial charge is 0.295 e. The Bertz CT molecular complexity index is 1160. The van der Waals surface area contributed by atoms with Crippen LogP contribution in [0.1, 0.15) is 11.3 Å². The van der Waals surface area contributed by atoms with Gasteiger partial charge in [-0.05, 0) is 31.2 Å². The molecule has 0 aliphatic rings. The molecule has 7 nitrogen and oxygen atoms in total. The van der Waals surface area contributed by atoms with Gasteiger partial charge in [-0.2, -0.15) is 5.26 Å². The van der Waals surface area contributed by atoms with Crippen molar-refractivity contribution >= 4 is 17.7 Å². The van der Waals surface area contributed by atoms with Gasteiger partial charge < -0.3 is 10.4 Å². The number of anilines is 1. The molecular formula is C21H18N4O3. The molecule has 1 aromatic heterocycles. The number of rotatable bonds is 4. The number of hydrogen-bond acceptors (Lipinski definition) is 4. The van der Waals surface area contributed by atoms with Crippen LogP contribution in [0.3, 0.4) is 0 Å². The molecule has 2 aromatic carbocycles. The molecule has 1 heterocycles. The number of carbonyl (C=O) groups excluding carboxylic acids is 1. The summed E-state index contributed by atoms with van der Waals surface area (Å²) in [5, 5.41) is 21.7. The van der Waals surface area contributed by atoms with E-state index in [1.54, 1.807) is 49.0 Å². The van der Waals surface area contributed by atoms with Crippen molar-refractivity contribution in [3.8, 4) is 17.5 Å². The van der Waals surface area contributed by atoms with Crippen LogP contribution in [0.4, 0.5) is 5.69 Å². The summed E-state index contributed by atoms with van der Waals surface area (Å²) < 4.78 is 3.07. The van der Waals surface area contributed by atoms with E-state index in [4.69, 9.17) is 0 Å². The van der Waals surface area contributed by atoms with Gasteiger partial charge in [0.05, 0.1) is 11.4 Å². The summed E-state index contributed by atoms with van der Waals surface area (Å²) in [5.74, 6) is -0.776. The van der Waals surface area contributed by atoms with E-state index in [9.17, 15) is 20.0 Å². The van der Waals surface area contributed by atoms with Gasteiger partial charge in [-0.3, -0.25) is 14.3 Å². The molecule has 0 saturated heterocycles. The summed E-state index contributed by atoms with van der Waals surface area (Å²) in [6.07, 6.45) is 1.28. The number of carbonyl (C=O) groups is 1. The normalized spacial score (nSPS) is 11.1. The molecule has 1 amide bonds. The van der Waals surface area contributed by atoms with Crippen LogP contribution in [-0.2, 0) is 11.8 Å². The highest BCUT2D eigenvalue weighted by Gasteiger charge is 2.20. The molecule has 0 radical (unpaired) electrons. The van der Waals surface area contributed by atoms with Crippen molar-refractivity contribution < 1.29 is 9.90 Å². The van der Waals surface area contributed by atoms with Crippen molar-refractivity contribution in [3.63, 3.8) is 0 Å². The Morgan fingerprint density at radius 1 is 1.14 bits per heavy atom. The highest BCUT2D eigenvalue weighted by atomic mass is 16.3. The molecule has 0 unspecified atom stereocenters. The van der Waals surface area contributed by atoms with Crippen LogP contribution >= 0.6 is 0 Å². The lowest BCUT2D eigenvalue weighted by Crippen LogP contribution is -2.23. The summed E-state index contributed by atoms with van der Waals surface area (Å²) in [6.45, 7) is 1.70. The first-order chi connectivity index (χ1) is 13.4. The summed E-state index contributed by atoms with van der Waals surface area (Å²) in [7, 11) is 1.71. The fourth-order valence-electron chi connectivity index (χ4n) is 2.81. The topological polar surface area (TPSA) is 100 Å². The lowest BCUT2D eigenvalue weighted by atomic mass is 10.1. The van der Waals surface area contributed by atoms with E-state index >= 15 is 0 Å². The first-order valence-corrected chi connectivity index (χ1v) is 8.49. The Kier molecular flexibility index (Phi) is 5.14. The third-order valence-electron chi connectivity index (χ3n) is 4.39. The Labute approximate surface area is 161 Å². The number of nitrogens with one attached hydrogen (secondary N) is 1. The molecule has 0 aliphatic carbocycles. The molecule has 0 aliphatic heterocycles. The SMILES string of the molecule is Cc1c(NC(=O)C(C#N)=Cc2ccccc2O)c(=O)n(-c2ccccc2)n1C. The Morgan fingerprint density at radius 3 is 2.43 bits per heavy atom. The van der Waals surface area contributed by atoms with Gasteiger partial charge in [-0.15, -0.1) is 0 Å². The van der Waals surface area contributed by atoms with Crippen LogP contribution in [0.5, 0.6) is 5.75 Å². The van der Waals surface area contributed by atoms with E-state index in [0.717, 1.165) is 0 Å². The number of nitriles is 1. The Morgan fingerprint density at radius 2 is 1.79 bits per heavy atom. The number of hydrogen-bond donors (Lipinski definition) is 2. The molecule has 28 heavy (non-hydrogen) atoms. The minimum atomic E-state index is -0.725. The lowest BCUT2D eigenvalue weighted by molar-refractivity contribution is -0.112. The lowest BCUT2D eigenvalue weighted by Gasteiger charge is -2.07. The molecule has 0 bridgehead atoms. The summed E-state index contributed by atoms with van der Waals surface area (Å²) in [6, 6.07) is 17.2. The van der Waals surface area contributed by atoms with Crippen LogP contribution in [-0.4, -0.2) is 20.4 Å². The molecule has 0 spiro atoms. The molecule has 0 saturated carbocycles. The second-order valence-corrected chi connectivity index (χ2v) is 6.12. The van der Waals surface area contributed by atoms with Crippen molar-refractivity contribution in [3.05, 3.63) is 81.8 Å². The largest absolute Gasteiger partial charge is 0.507 e. The number of aromatic nitrogens is 2. The molecule has 3 aromatic rings. The third kappa shape index (κ3) is 3.44. The van der Waals surface area contributed by atoms with E-state index in [0.29, 0.717) is 16.9 Å². The van der Waals surface area contributed by atoms with Gasteiger partial charge in [-0.1, -0.05) is 36.4 Å². The zero-order valence-corrected chi connectivity index (χ0v) is 15.4. The zero-order chi connectivity index (χ0) is 20.3. The average Bonchev–Trinajstić information content (AvgIpc) is 2.91. The number of para-hydroxylation sites is 2. The molecular weight excluding hydrogens is 356 g/mol. The van der Waals surface area contributed by atoms with Gasteiger partial charge in [0.1, 0.15) is 23.1 Å². The fourth-order valence-corrected chi connectivity index (χ4v) is 2.81. The molecule has 7 heteroatoms. The van der Waals surface area contributed by atoms with Gasteiger partial charge in [0.2, 0.25) is 0 Å². The van der Waals surface area contributed by atoms with E-state index in [1.807, 2.05) is 24.3 Å². The van der Waals surface area contributed by atoms with Crippen LogP contribution in [0.15, 0.2) is 65.0 Å². The molecule has 0 fully saturated rings. The minimum absolute atomic E-state index is 0.0506. The standard InChI is InChI=1S/C21H18N4O3/c1-14-19(21(28)25(24(14)2)17-9-4-3-5-10-17)23-20(27)16(13-22)12-15-8-6-7-11-18(15)26/h3-12,26H,1-2H3,(H,23,27). The number of amides is 1. The van der Waals surface area contributed by atoms with Crippen molar-refractivity contribution in [2.75, 3.05) is 5.32 Å². The van der Waals surface area contributed by atoms with E-state index < -0.39 is 11.5 Å². The first kappa shape index (κ1) is 18.7. The quantitative estimate of drug-likeness (QED) is 0.542. The van der Waals surface area contributed by atoms with Gasteiger partial charge in [0.25, 0.3) is 11.5 Å². The fraction of sp³-hybridized carbons (Fsp3) is 0.0952. The number of benzene rings is 2. The van der Waals surface area contributed by atoms with Crippen molar-refractivity contribution in [2.45, 2.75) is 6.92 Å². The van der Waals surface area contributed by atoms with Crippen LogP contribution in [0, 0.1) is 18.3 Å². The molecule has 140 valence electrons. The second kappa shape index (κ2) is 7.68. The maximum absolute atomic E-state index is 12.9. The van der Waals surface area contributed by atoms with Crippen molar-refractivity contribution in [1.82, 2.24) is 9.36 Å². The maximum atomic E-state index is 12.9. The van der Waals surface area contributed by atoms with Crippen LogP contribution in [0.2, 0.25) is 0 Å². The van der Waals surface area contributed by atoms with E-state index in [-0.39, 0.29) is 17.0 Å². The van der Waals surface area contributed by atoms with Crippen LogP contribution in [0.25, 0.3) is 11.8 Å². The highest BCUT2D eigenvalue weighted by Crippen LogP contribution is 2.20. The zero-order valence-electron chi connectivity index (χ0n) is 15.4. The number of phenols is 1. The van der Waals surface area contributed by atoms with Gasteiger partial charge in [0, 0.05) is 12.6 Å². The molecule has 3 rings (SSSR count).